The van der Waals surface area contributed by atoms with E-state index in [-0.39, 0.29) is 18.9 Å². The van der Waals surface area contributed by atoms with E-state index in [2.05, 4.69) is 27.1 Å². The second-order valence-corrected chi connectivity index (χ2v) is 9.81. The van der Waals surface area contributed by atoms with E-state index in [0.29, 0.717) is 23.6 Å². The predicted molar refractivity (Wildman–Crippen MR) is 151 cm³/mol. The largest absolute Gasteiger partial charge is 0.497 e. The van der Waals surface area contributed by atoms with Crippen LogP contribution in [0.5, 0.6) is 5.75 Å². The molecule has 9 heteroatoms. The number of aliphatic hydroxyl groups is 1. The lowest BCUT2D eigenvalue weighted by molar-refractivity contribution is -0.0756. The summed E-state index contributed by atoms with van der Waals surface area (Å²) in [6.45, 7) is 0.321. The standard InChI is InChI=1S/C31H31N5O4/c1-38-25-13-11-24(12-14-25)31(22-5-3-2-4-6-22,23-9-7-21(17-37)8-10-23)39-18-26-15-16-27(40-26)36-20-35-28-29(32)33-19-34-30(28)36/h2-14,19-20,26-27,37H,15-18H2,1H3,(H2,32,33,34)/t26-,27+,31?/m0/s1. The molecule has 204 valence electrons. The molecule has 0 amide bonds. The molecule has 1 saturated heterocycles. The number of benzene rings is 3. The molecule has 3 heterocycles. The molecule has 6 rings (SSSR count). The number of anilines is 1. The summed E-state index contributed by atoms with van der Waals surface area (Å²) in [5, 5.41) is 9.67. The first kappa shape index (κ1) is 25.9. The van der Waals surface area contributed by atoms with E-state index in [9.17, 15) is 5.11 Å². The van der Waals surface area contributed by atoms with E-state index in [1.165, 1.54) is 6.33 Å². The Balaban J connectivity index is 1.34. The van der Waals surface area contributed by atoms with Gasteiger partial charge in [-0.3, -0.25) is 4.57 Å². The zero-order valence-electron chi connectivity index (χ0n) is 22.2. The molecule has 0 bridgehead atoms. The number of rotatable bonds is 9. The van der Waals surface area contributed by atoms with Crippen LogP contribution in [0.15, 0.2) is 91.5 Å². The highest BCUT2D eigenvalue weighted by Crippen LogP contribution is 2.42. The van der Waals surface area contributed by atoms with Crippen LogP contribution < -0.4 is 10.5 Å². The van der Waals surface area contributed by atoms with Crippen LogP contribution in [0.4, 0.5) is 5.82 Å². The summed E-state index contributed by atoms with van der Waals surface area (Å²) in [5.41, 5.74) is 10.0. The number of nitrogen functional groups attached to an aromatic ring is 1. The molecule has 0 saturated carbocycles. The Kier molecular flexibility index (Phi) is 7.17. The van der Waals surface area contributed by atoms with Crippen LogP contribution in [0.3, 0.4) is 0 Å². The molecule has 0 spiro atoms. The number of aromatic nitrogens is 4. The molecule has 3 N–H and O–H groups in total. The van der Waals surface area contributed by atoms with Gasteiger partial charge in [-0.25, -0.2) is 15.0 Å². The summed E-state index contributed by atoms with van der Waals surface area (Å²) in [4.78, 5) is 12.8. The Morgan fingerprint density at radius 3 is 2.33 bits per heavy atom. The molecule has 9 nitrogen and oxygen atoms in total. The van der Waals surface area contributed by atoms with Gasteiger partial charge in [0.2, 0.25) is 0 Å². The number of methoxy groups -OCH3 is 1. The highest BCUT2D eigenvalue weighted by molar-refractivity contribution is 5.81. The van der Waals surface area contributed by atoms with Crippen molar-refractivity contribution in [2.75, 3.05) is 19.5 Å². The molecular weight excluding hydrogens is 506 g/mol. The van der Waals surface area contributed by atoms with Gasteiger partial charge in [-0.05, 0) is 47.2 Å². The number of nitrogens with two attached hydrogens (primary N) is 1. The zero-order valence-corrected chi connectivity index (χ0v) is 22.2. The summed E-state index contributed by atoms with van der Waals surface area (Å²) in [7, 11) is 1.65. The third kappa shape index (κ3) is 4.68. The maximum Gasteiger partial charge on any atom is 0.167 e. The van der Waals surface area contributed by atoms with E-state index >= 15 is 0 Å². The van der Waals surface area contributed by atoms with Crippen molar-refractivity contribution in [1.29, 1.82) is 0 Å². The molecule has 3 aromatic carbocycles. The van der Waals surface area contributed by atoms with Gasteiger partial charge in [0, 0.05) is 0 Å². The number of ether oxygens (including phenoxy) is 3. The van der Waals surface area contributed by atoms with E-state index in [4.69, 9.17) is 19.9 Å². The van der Waals surface area contributed by atoms with Gasteiger partial charge in [0.25, 0.3) is 0 Å². The van der Waals surface area contributed by atoms with Gasteiger partial charge < -0.3 is 25.1 Å². The van der Waals surface area contributed by atoms with Gasteiger partial charge in [-0.1, -0.05) is 66.7 Å². The Labute approximate surface area is 232 Å². The fourth-order valence-electron chi connectivity index (χ4n) is 5.41. The molecule has 1 aliphatic heterocycles. The van der Waals surface area contributed by atoms with Crippen molar-refractivity contribution in [2.24, 2.45) is 0 Å². The minimum absolute atomic E-state index is 0.0290. The average molecular weight is 538 g/mol. The van der Waals surface area contributed by atoms with Crippen molar-refractivity contribution < 1.29 is 19.3 Å². The molecular formula is C31H31N5O4. The summed E-state index contributed by atoms with van der Waals surface area (Å²) in [5.74, 6) is 1.11. The normalized spacial score (nSPS) is 18.6. The summed E-state index contributed by atoms with van der Waals surface area (Å²) >= 11 is 0. The SMILES string of the molecule is COc1ccc(C(OC[C@@H]2CC[C@H](n3cnc4c(N)ncnc43)O2)(c2ccccc2)c2ccc(CO)cc2)cc1. The Hall–Kier alpha value is -4.31. The van der Waals surface area contributed by atoms with Gasteiger partial charge in [-0.2, -0.15) is 0 Å². The third-order valence-electron chi connectivity index (χ3n) is 7.49. The maximum absolute atomic E-state index is 9.67. The molecule has 2 aromatic heterocycles. The van der Waals surface area contributed by atoms with Gasteiger partial charge in [0.05, 0.1) is 32.8 Å². The van der Waals surface area contributed by atoms with E-state index < -0.39 is 5.60 Å². The lowest BCUT2D eigenvalue weighted by Gasteiger charge is -2.37. The van der Waals surface area contributed by atoms with Crippen LogP contribution >= 0.6 is 0 Å². The first-order valence-electron chi connectivity index (χ1n) is 13.2. The van der Waals surface area contributed by atoms with Crippen LogP contribution in [0.1, 0.15) is 41.3 Å². The highest BCUT2D eigenvalue weighted by atomic mass is 16.6. The second kappa shape index (κ2) is 11.1. The topological polar surface area (TPSA) is 118 Å². The molecule has 5 aromatic rings. The Morgan fingerprint density at radius 1 is 0.925 bits per heavy atom. The molecule has 40 heavy (non-hydrogen) atoms. The lowest BCUT2D eigenvalue weighted by atomic mass is 9.79. The van der Waals surface area contributed by atoms with E-state index in [1.807, 2.05) is 71.3 Å². The molecule has 1 aliphatic rings. The van der Waals surface area contributed by atoms with Gasteiger partial charge in [0.1, 0.15) is 29.4 Å². The van der Waals surface area contributed by atoms with E-state index in [1.54, 1.807) is 13.4 Å². The quantitative estimate of drug-likeness (QED) is 0.262. The van der Waals surface area contributed by atoms with Crippen molar-refractivity contribution >= 4 is 17.0 Å². The smallest absolute Gasteiger partial charge is 0.167 e. The van der Waals surface area contributed by atoms with Crippen LogP contribution in [-0.4, -0.2) is 44.4 Å². The Morgan fingerprint density at radius 2 is 1.62 bits per heavy atom. The number of aliphatic hydroxyl groups excluding tert-OH is 1. The first-order chi connectivity index (χ1) is 19.6. The van der Waals surface area contributed by atoms with Crippen LogP contribution in [-0.2, 0) is 21.7 Å². The minimum atomic E-state index is -0.924. The van der Waals surface area contributed by atoms with Crippen LogP contribution in [0.25, 0.3) is 11.2 Å². The molecule has 1 unspecified atom stereocenters. The highest BCUT2D eigenvalue weighted by Gasteiger charge is 2.39. The van der Waals surface area contributed by atoms with Crippen LogP contribution in [0, 0.1) is 0 Å². The number of nitrogens with zero attached hydrogens (tertiary/aromatic N) is 4. The number of imidazole rings is 1. The monoisotopic (exact) mass is 537 g/mol. The van der Waals surface area contributed by atoms with Crippen LogP contribution in [0.2, 0.25) is 0 Å². The number of fused-ring (bicyclic) bond motifs is 1. The van der Waals surface area contributed by atoms with Crippen molar-refractivity contribution in [3.63, 3.8) is 0 Å². The zero-order chi connectivity index (χ0) is 27.5. The predicted octanol–water partition coefficient (Wildman–Crippen LogP) is 4.60. The Bertz CT molecular complexity index is 1520. The summed E-state index contributed by atoms with van der Waals surface area (Å²) < 4.78 is 20.8. The van der Waals surface area contributed by atoms with Crippen molar-refractivity contribution in [3.05, 3.63) is 114 Å². The third-order valence-corrected chi connectivity index (χ3v) is 7.49. The first-order valence-corrected chi connectivity index (χ1v) is 13.2. The van der Waals surface area contributed by atoms with Crippen molar-refractivity contribution in [2.45, 2.75) is 37.4 Å². The number of hydrogen-bond donors (Lipinski definition) is 2. The lowest BCUT2D eigenvalue weighted by Crippen LogP contribution is -2.35. The average Bonchev–Trinajstić information content (AvgIpc) is 3.67. The van der Waals surface area contributed by atoms with Gasteiger partial charge in [0.15, 0.2) is 11.5 Å². The molecule has 0 radical (unpaired) electrons. The summed E-state index contributed by atoms with van der Waals surface area (Å²) in [6, 6.07) is 26.0. The van der Waals surface area contributed by atoms with Crippen molar-refractivity contribution in [3.8, 4) is 5.75 Å². The second-order valence-electron chi connectivity index (χ2n) is 9.81. The molecule has 3 atom stereocenters. The van der Waals surface area contributed by atoms with Gasteiger partial charge >= 0.3 is 0 Å². The fourth-order valence-corrected chi connectivity index (χ4v) is 5.41. The van der Waals surface area contributed by atoms with Gasteiger partial charge in [-0.15, -0.1) is 0 Å². The molecule has 0 aliphatic carbocycles. The summed E-state index contributed by atoms with van der Waals surface area (Å²) in [6.07, 6.45) is 4.36. The van der Waals surface area contributed by atoms with E-state index in [0.717, 1.165) is 40.8 Å². The minimum Gasteiger partial charge on any atom is -0.497 e. The fraction of sp³-hybridized carbons (Fsp3) is 0.258. The number of hydrogen-bond acceptors (Lipinski definition) is 8. The maximum atomic E-state index is 9.67. The van der Waals surface area contributed by atoms with Crippen molar-refractivity contribution in [1.82, 2.24) is 19.5 Å². The molecule has 1 fully saturated rings.